The number of hydrogen-bond donors (Lipinski definition) is 4. The summed E-state index contributed by atoms with van der Waals surface area (Å²) in [7, 11) is 0. The molecule has 0 unspecified atom stereocenters. The van der Waals surface area contributed by atoms with Gasteiger partial charge in [0.1, 0.15) is 0 Å². The molecule has 4 rings (SSSR count). The maximum absolute atomic E-state index is 12.2. The Hall–Kier alpha value is -3.93. The average molecular weight is 410 g/mol. The van der Waals surface area contributed by atoms with Gasteiger partial charge < -0.3 is 10.7 Å². The van der Waals surface area contributed by atoms with Crippen LogP contribution in [0.15, 0.2) is 47.6 Å². The van der Waals surface area contributed by atoms with Crippen LogP contribution in [0.4, 0.5) is 17.3 Å². The van der Waals surface area contributed by atoms with E-state index in [1.807, 2.05) is 18.2 Å². The molecule has 0 aliphatic rings. The molecule has 0 spiro atoms. The number of para-hydroxylation sites is 1. The van der Waals surface area contributed by atoms with Crippen molar-refractivity contribution in [1.29, 1.82) is 0 Å². The number of amides is 1. The number of fused-ring (bicyclic) bond motifs is 1. The maximum atomic E-state index is 12.2. The molecule has 11 nitrogen and oxygen atoms in total. The van der Waals surface area contributed by atoms with Gasteiger partial charge in [-0.25, -0.2) is 9.97 Å². The van der Waals surface area contributed by atoms with E-state index in [1.165, 1.54) is 18.2 Å². The lowest BCUT2D eigenvalue weighted by atomic mass is 10.2. The second-order valence-electron chi connectivity index (χ2n) is 5.93. The molecule has 0 atom stereocenters. The summed E-state index contributed by atoms with van der Waals surface area (Å²) < 4.78 is 0. The highest BCUT2D eigenvalue weighted by molar-refractivity contribution is 7.99. The van der Waals surface area contributed by atoms with Crippen molar-refractivity contribution in [2.24, 2.45) is 0 Å². The van der Waals surface area contributed by atoms with E-state index >= 15 is 0 Å². The average Bonchev–Trinajstić information content (AvgIpc) is 3.32. The Kier molecular flexibility index (Phi) is 4.83. The molecule has 0 aliphatic carbocycles. The third-order valence-electron chi connectivity index (χ3n) is 3.95. The van der Waals surface area contributed by atoms with Crippen LogP contribution in [-0.4, -0.2) is 41.7 Å². The van der Waals surface area contributed by atoms with Crippen molar-refractivity contribution in [2.75, 3.05) is 16.8 Å². The largest absolute Gasteiger partial charge is 0.398 e. The summed E-state index contributed by atoms with van der Waals surface area (Å²) in [5, 5.41) is 20.7. The second-order valence-corrected chi connectivity index (χ2v) is 6.88. The summed E-state index contributed by atoms with van der Waals surface area (Å²) in [4.78, 5) is 33.9. The van der Waals surface area contributed by atoms with Crippen molar-refractivity contribution < 1.29 is 9.72 Å². The van der Waals surface area contributed by atoms with Crippen LogP contribution in [0.1, 0.15) is 0 Å². The number of anilines is 2. The Balaban J connectivity index is 1.39. The highest BCUT2D eigenvalue weighted by atomic mass is 32.2. The molecule has 0 fully saturated rings. The van der Waals surface area contributed by atoms with Gasteiger partial charge >= 0.3 is 0 Å². The molecule has 29 heavy (non-hydrogen) atoms. The SMILES string of the molecule is Nc1ccccc1-c1nc(SCC(=O)Nc2nc3ccc([N+](=O)[O-])cc3[nH]2)n[nH]1. The van der Waals surface area contributed by atoms with Crippen molar-refractivity contribution in [1.82, 2.24) is 25.1 Å². The first kappa shape index (κ1) is 18.4. The molecular formula is C17H14N8O3S. The summed E-state index contributed by atoms with van der Waals surface area (Å²) in [5.74, 6) is 0.455. The highest BCUT2D eigenvalue weighted by Crippen LogP contribution is 2.24. The number of nitrogens with zero attached hydrogens (tertiary/aromatic N) is 4. The van der Waals surface area contributed by atoms with Crippen LogP contribution in [0.25, 0.3) is 22.4 Å². The summed E-state index contributed by atoms with van der Waals surface area (Å²) in [5.41, 5.74) is 8.13. The van der Waals surface area contributed by atoms with Crippen LogP contribution >= 0.6 is 11.8 Å². The number of nitro groups is 1. The minimum Gasteiger partial charge on any atom is -0.398 e. The molecule has 0 radical (unpaired) electrons. The Labute approximate surface area is 167 Å². The summed E-state index contributed by atoms with van der Waals surface area (Å²) in [6.45, 7) is 0. The molecule has 2 heterocycles. The van der Waals surface area contributed by atoms with Crippen LogP contribution in [-0.2, 0) is 4.79 Å². The van der Waals surface area contributed by atoms with Crippen LogP contribution in [0.2, 0.25) is 0 Å². The van der Waals surface area contributed by atoms with Crippen LogP contribution in [0.5, 0.6) is 0 Å². The summed E-state index contributed by atoms with van der Waals surface area (Å²) in [6, 6.07) is 11.5. The first-order valence-electron chi connectivity index (χ1n) is 8.33. The monoisotopic (exact) mass is 410 g/mol. The third kappa shape index (κ3) is 4.01. The van der Waals surface area contributed by atoms with Gasteiger partial charge in [-0.3, -0.25) is 25.3 Å². The van der Waals surface area contributed by atoms with Gasteiger partial charge in [0.15, 0.2) is 5.82 Å². The van der Waals surface area contributed by atoms with E-state index in [2.05, 4.69) is 30.5 Å². The molecule has 4 aromatic rings. The zero-order chi connectivity index (χ0) is 20.4. The first-order valence-corrected chi connectivity index (χ1v) is 9.32. The van der Waals surface area contributed by atoms with Crippen molar-refractivity contribution >= 4 is 46.0 Å². The second kappa shape index (κ2) is 7.59. The topological polar surface area (TPSA) is 169 Å². The minimum atomic E-state index is -0.497. The number of carbonyl (C=O) groups is 1. The number of thioether (sulfide) groups is 1. The number of H-pyrrole nitrogens is 2. The van der Waals surface area contributed by atoms with Gasteiger partial charge in [0.05, 0.1) is 21.7 Å². The smallest absolute Gasteiger partial charge is 0.271 e. The number of imidazole rings is 1. The van der Waals surface area contributed by atoms with Gasteiger partial charge in [-0.1, -0.05) is 23.9 Å². The van der Waals surface area contributed by atoms with Crippen molar-refractivity contribution in [3.8, 4) is 11.4 Å². The third-order valence-corrected chi connectivity index (χ3v) is 4.79. The van der Waals surface area contributed by atoms with Crippen LogP contribution < -0.4 is 11.1 Å². The number of nitrogens with two attached hydrogens (primary N) is 1. The summed E-state index contributed by atoms with van der Waals surface area (Å²) >= 11 is 1.15. The number of nitrogen functional groups attached to an aromatic ring is 1. The number of aromatic amines is 2. The van der Waals surface area contributed by atoms with Gasteiger partial charge in [0.25, 0.3) is 5.69 Å². The predicted octanol–water partition coefficient (Wildman–Crippen LogP) is 2.57. The number of nitrogens with one attached hydrogen (secondary N) is 3. The molecule has 12 heteroatoms. The summed E-state index contributed by atoms with van der Waals surface area (Å²) in [6.07, 6.45) is 0. The molecular weight excluding hydrogens is 396 g/mol. The molecule has 0 aliphatic heterocycles. The van der Waals surface area contributed by atoms with E-state index in [4.69, 9.17) is 5.73 Å². The minimum absolute atomic E-state index is 0.0543. The number of benzene rings is 2. The predicted molar refractivity (Wildman–Crippen MR) is 108 cm³/mol. The van der Waals surface area contributed by atoms with Crippen molar-refractivity contribution in [2.45, 2.75) is 5.16 Å². The van der Waals surface area contributed by atoms with Crippen LogP contribution in [0, 0.1) is 10.1 Å². The number of nitro benzene ring substituents is 1. The maximum Gasteiger partial charge on any atom is 0.271 e. The fraction of sp³-hybridized carbons (Fsp3) is 0.0588. The lowest BCUT2D eigenvalue weighted by molar-refractivity contribution is -0.384. The Morgan fingerprint density at radius 2 is 2.07 bits per heavy atom. The van der Waals surface area contributed by atoms with Crippen molar-refractivity contribution in [3.63, 3.8) is 0 Å². The van der Waals surface area contributed by atoms with Gasteiger partial charge in [-0.2, -0.15) is 0 Å². The fourth-order valence-corrected chi connectivity index (χ4v) is 3.21. The van der Waals surface area contributed by atoms with E-state index in [1.54, 1.807) is 6.07 Å². The van der Waals surface area contributed by atoms with Gasteiger partial charge in [0, 0.05) is 23.4 Å². The zero-order valence-electron chi connectivity index (χ0n) is 14.7. The normalized spacial score (nSPS) is 10.9. The van der Waals surface area contributed by atoms with E-state index in [-0.39, 0.29) is 23.3 Å². The number of rotatable bonds is 6. The highest BCUT2D eigenvalue weighted by Gasteiger charge is 2.13. The molecule has 0 bridgehead atoms. The number of non-ortho nitro benzene ring substituents is 1. The standard InChI is InChI=1S/C17H14N8O3S/c18-11-4-2-1-3-10(11)15-22-17(24-23-15)29-8-14(26)21-16-19-12-6-5-9(25(27)28)7-13(12)20-16/h1-7H,8,18H2,(H,22,23,24)(H2,19,20,21,26). The van der Waals surface area contributed by atoms with E-state index < -0.39 is 4.92 Å². The molecule has 5 N–H and O–H groups in total. The molecule has 2 aromatic carbocycles. The molecule has 2 aromatic heterocycles. The van der Waals surface area contributed by atoms with E-state index in [0.717, 1.165) is 17.3 Å². The van der Waals surface area contributed by atoms with Crippen LogP contribution in [0.3, 0.4) is 0 Å². The number of hydrogen-bond acceptors (Lipinski definition) is 8. The van der Waals surface area contributed by atoms with Gasteiger partial charge in [-0.15, -0.1) is 5.10 Å². The molecule has 0 saturated carbocycles. The van der Waals surface area contributed by atoms with E-state index in [0.29, 0.717) is 27.7 Å². The Morgan fingerprint density at radius 3 is 2.86 bits per heavy atom. The lowest BCUT2D eigenvalue weighted by Crippen LogP contribution is -2.15. The van der Waals surface area contributed by atoms with Crippen molar-refractivity contribution in [3.05, 3.63) is 52.6 Å². The Morgan fingerprint density at radius 1 is 1.24 bits per heavy atom. The number of carbonyl (C=O) groups excluding carboxylic acids is 1. The number of aromatic nitrogens is 5. The quantitative estimate of drug-likeness (QED) is 0.163. The molecule has 146 valence electrons. The molecule has 0 saturated heterocycles. The first-order chi connectivity index (χ1) is 14.0. The zero-order valence-corrected chi connectivity index (χ0v) is 15.6. The van der Waals surface area contributed by atoms with Gasteiger partial charge in [-0.05, 0) is 18.2 Å². The molecule has 1 amide bonds. The fourth-order valence-electron chi connectivity index (χ4n) is 2.61. The van der Waals surface area contributed by atoms with Gasteiger partial charge in [0.2, 0.25) is 17.0 Å². The van der Waals surface area contributed by atoms with E-state index in [9.17, 15) is 14.9 Å². The Bertz CT molecular complexity index is 1220. The lowest BCUT2D eigenvalue weighted by Gasteiger charge is -2.00.